The molecule has 1 aromatic rings. The Kier molecular flexibility index (Phi) is 3.53. The van der Waals surface area contributed by atoms with Crippen molar-refractivity contribution in [3.05, 3.63) is 28.3 Å². The average Bonchev–Trinajstić information content (AvgIpc) is 2.08. The monoisotopic (exact) mass is 212 g/mol. The van der Waals surface area contributed by atoms with Crippen molar-refractivity contribution in [2.75, 3.05) is 0 Å². The first-order chi connectivity index (χ1) is 6.54. The number of hydrogen-bond acceptors (Lipinski definition) is 2. The van der Waals surface area contributed by atoms with Crippen molar-refractivity contribution in [3.63, 3.8) is 0 Å². The minimum absolute atomic E-state index is 0.00825. The van der Waals surface area contributed by atoms with Gasteiger partial charge in [0.15, 0.2) is 6.29 Å². The van der Waals surface area contributed by atoms with Crippen LogP contribution in [0.1, 0.15) is 29.8 Å². The van der Waals surface area contributed by atoms with Crippen LogP contribution in [0, 0.1) is 6.92 Å². The fraction of sp³-hybridized carbons (Fsp3) is 0.364. The van der Waals surface area contributed by atoms with E-state index in [0.29, 0.717) is 16.3 Å². The summed E-state index contributed by atoms with van der Waals surface area (Å²) in [5, 5.41) is 0.487. The fourth-order valence-electron chi connectivity index (χ4n) is 1.20. The minimum atomic E-state index is 0.00825. The Labute approximate surface area is 88.8 Å². The third-order valence-corrected chi connectivity index (χ3v) is 1.98. The number of carbonyl (C=O) groups excluding carboxylic acids is 1. The first kappa shape index (κ1) is 11.1. The number of aldehydes is 1. The maximum atomic E-state index is 10.8. The first-order valence-electron chi connectivity index (χ1n) is 4.46. The van der Waals surface area contributed by atoms with Gasteiger partial charge in [0.1, 0.15) is 5.75 Å². The summed E-state index contributed by atoms with van der Waals surface area (Å²) >= 11 is 5.97. The van der Waals surface area contributed by atoms with Crippen LogP contribution in [0.15, 0.2) is 12.1 Å². The van der Waals surface area contributed by atoms with Gasteiger partial charge in [0.2, 0.25) is 0 Å². The van der Waals surface area contributed by atoms with Gasteiger partial charge in [-0.15, -0.1) is 0 Å². The molecule has 0 aromatic heterocycles. The topological polar surface area (TPSA) is 26.3 Å². The standard InChI is InChI=1S/C11H13ClO2/c1-7(2)14-11-9(6-13)4-8(3)5-10(11)12/h4-7H,1-3H3. The van der Waals surface area contributed by atoms with Crippen molar-refractivity contribution in [2.24, 2.45) is 0 Å². The summed E-state index contributed by atoms with van der Waals surface area (Å²) in [5.74, 6) is 0.474. The molecule has 2 nitrogen and oxygen atoms in total. The second-order valence-corrected chi connectivity index (χ2v) is 3.86. The summed E-state index contributed by atoms with van der Waals surface area (Å²) < 4.78 is 5.46. The summed E-state index contributed by atoms with van der Waals surface area (Å²) in [4.78, 5) is 10.8. The molecule has 0 spiro atoms. The quantitative estimate of drug-likeness (QED) is 0.719. The molecule has 1 rings (SSSR count). The second kappa shape index (κ2) is 4.47. The molecular formula is C11H13ClO2. The van der Waals surface area contributed by atoms with Crippen LogP contribution in [-0.2, 0) is 0 Å². The molecule has 14 heavy (non-hydrogen) atoms. The third-order valence-electron chi connectivity index (χ3n) is 1.70. The molecule has 0 amide bonds. The molecule has 0 unspecified atom stereocenters. The Morgan fingerprint density at radius 1 is 1.43 bits per heavy atom. The lowest BCUT2D eigenvalue weighted by Crippen LogP contribution is -2.08. The van der Waals surface area contributed by atoms with E-state index in [1.54, 1.807) is 12.1 Å². The summed E-state index contributed by atoms with van der Waals surface area (Å²) in [7, 11) is 0. The highest BCUT2D eigenvalue weighted by Gasteiger charge is 2.10. The minimum Gasteiger partial charge on any atom is -0.489 e. The molecule has 0 atom stereocenters. The maximum absolute atomic E-state index is 10.8. The number of carbonyl (C=O) groups is 1. The fourth-order valence-corrected chi connectivity index (χ4v) is 1.53. The molecule has 0 heterocycles. The highest BCUT2D eigenvalue weighted by atomic mass is 35.5. The molecule has 0 aliphatic heterocycles. The molecule has 0 fully saturated rings. The number of hydrogen-bond donors (Lipinski definition) is 0. The highest BCUT2D eigenvalue weighted by Crippen LogP contribution is 2.30. The van der Waals surface area contributed by atoms with Crippen molar-refractivity contribution in [1.82, 2.24) is 0 Å². The van der Waals surface area contributed by atoms with Crippen LogP contribution in [0.4, 0.5) is 0 Å². The van der Waals surface area contributed by atoms with E-state index in [1.165, 1.54) is 0 Å². The van der Waals surface area contributed by atoms with Gasteiger partial charge in [0.05, 0.1) is 16.7 Å². The van der Waals surface area contributed by atoms with Crippen molar-refractivity contribution in [1.29, 1.82) is 0 Å². The average molecular weight is 213 g/mol. The smallest absolute Gasteiger partial charge is 0.153 e. The maximum Gasteiger partial charge on any atom is 0.153 e. The van der Waals surface area contributed by atoms with E-state index in [9.17, 15) is 4.79 Å². The molecule has 0 saturated heterocycles. The molecule has 0 radical (unpaired) electrons. The number of rotatable bonds is 3. The van der Waals surface area contributed by atoms with Crippen molar-refractivity contribution >= 4 is 17.9 Å². The molecule has 0 aliphatic carbocycles. The second-order valence-electron chi connectivity index (χ2n) is 3.45. The lowest BCUT2D eigenvalue weighted by Gasteiger charge is -2.13. The molecule has 0 aliphatic rings. The lowest BCUT2D eigenvalue weighted by atomic mass is 10.1. The van der Waals surface area contributed by atoms with Gasteiger partial charge in [-0.2, -0.15) is 0 Å². The zero-order chi connectivity index (χ0) is 10.7. The van der Waals surface area contributed by atoms with Crippen LogP contribution in [-0.4, -0.2) is 12.4 Å². The van der Waals surface area contributed by atoms with Crippen LogP contribution in [0.2, 0.25) is 5.02 Å². The van der Waals surface area contributed by atoms with Crippen LogP contribution in [0.3, 0.4) is 0 Å². The van der Waals surface area contributed by atoms with Gasteiger partial charge in [-0.25, -0.2) is 0 Å². The summed E-state index contributed by atoms with van der Waals surface area (Å²) in [6.45, 7) is 5.67. The molecule has 0 N–H and O–H groups in total. The van der Waals surface area contributed by atoms with E-state index >= 15 is 0 Å². The Hall–Kier alpha value is -1.02. The highest BCUT2D eigenvalue weighted by molar-refractivity contribution is 6.32. The van der Waals surface area contributed by atoms with Gasteiger partial charge in [-0.3, -0.25) is 4.79 Å². The predicted octanol–water partition coefficient (Wildman–Crippen LogP) is 3.25. The Balaban J connectivity index is 3.18. The Morgan fingerprint density at radius 2 is 2.07 bits per heavy atom. The van der Waals surface area contributed by atoms with E-state index < -0.39 is 0 Å². The van der Waals surface area contributed by atoms with Gasteiger partial charge < -0.3 is 4.74 Å². The lowest BCUT2D eigenvalue weighted by molar-refractivity contribution is 0.111. The third kappa shape index (κ3) is 2.48. The van der Waals surface area contributed by atoms with Gasteiger partial charge >= 0.3 is 0 Å². The molecule has 0 bridgehead atoms. The van der Waals surface area contributed by atoms with E-state index in [1.807, 2.05) is 20.8 Å². The van der Waals surface area contributed by atoms with Crippen molar-refractivity contribution < 1.29 is 9.53 Å². The van der Waals surface area contributed by atoms with Crippen molar-refractivity contribution in [3.8, 4) is 5.75 Å². The first-order valence-corrected chi connectivity index (χ1v) is 4.84. The van der Waals surface area contributed by atoms with E-state index in [-0.39, 0.29) is 6.10 Å². The molecule has 0 saturated carbocycles. The number of benzene rings is 1. The Bertz CT molecular complexity index is 345. The van der Waals surface area contributed by atoms with E-state index in [4.69, 9.17) is 16.3 Å². The SMILES string of the molecule is Cc1cc(Cl)c(OC(C)C)c(C=O)c1. The van der Waals surface area contributed by atoms with E-state index in [0.717, 1.165) is 11.8 Å². The zero-order valence-electron chi connectivity index (χ0n) is 8.50. The van der Waals surface area contributed by atoms with Crippen LogP contribution < -0.4 is 4.74 Å². The molecule has 76 valence electrons. The normalized spacial score (nSPS) is 10.4. The van der Waals surface area contributed by atoms with E-state index in [2.05, 4.69) is 0 Å². The molecule has 1 aromatic carbocycles. The summed E-state index contributed by atoms with van der Waals surface area (Å²) in [6, 6.07) is 3.54. The van der Waals surface area contributed by atoms with Crippen molar-refractivity contribution in [2.45, 2.75) is 26.9 Å². The zero-order valence-corrected chi connectivity index (χ0v) is 9.26. The predicted molar refractivity (Wildman–Crippen MR) is 57.3 cm³/mol. The number of aryl methyl sites for hydroxylation is 1. The number of halogens is 1. The van der Waals surface area contributed by atoms with Crippen LogP contribution >= 0.6 is 11.6 Å². The largest absolute Gasteiger partial charge is 0.489 e. The number of ether oxygens (including phenoxy) is 1. The van der Waals surface area contributed by atoms with Gasteiger partial charge in [0, 0.05) is 0 Å². The summed E-state index contributed by atoms with van der Waals surface area (Å²) in [5.41, 5.74) is 1.46. The Morgan fingerprint density at radius 3 is 2.57 bits per heavy atom. The van der Waals surface area contributed by atoms with Gasteiger partial charge in [-0.05, 0) is 38.5 Å². The molecular weight excluding hydrogens is 200 g/mol. The van der Waals surface area contributed by atoms with Crippen LogP contribution in [0.25, 0.3) is 0 Å². The van der Waals surface area contributed by atoms with Gasteiger partial charge in [-0.1, -0.05) is 11.6 Å². The summed E-state index contributed by atoms with van der Waals surface area (Å²) in [6.07, 6.45) is 0.769. The van der Waals surface area contributed by atoms with Gasteiger partial charge in [0.25, 0.3) is 0 Å². The van der Waals surface area contributed by atoms with Crippen LogP contribution in [0.5, 0.6) is 5.75 Å². The molecule has 3 heteroatoms.